The third-order valence-corrected chi connectivity index (χ3v) is 3.87. The predicted molar refractivity (Wildman–Crippen MR) is 74.9 cm³/mol. The van der Waals surface area contributed by atoms with Crippen molar-refractivity contribution in [1.29, 1.82) is 0 Å². The van der Waals surface area contributed by atoms with Crippen LogP contribution in [0.5, 0.6) is 0 Å². The zero-order valence-electron chi connectivity index (χ0n) is 11.2. The average molecular weight is 246 g/mol. The highest BCUT2D eigenvalue weighted by atomic mass is 16.1. The van der Waals surface area contributed by atoms with E-state index < -0.39 is 0 Å². The van der Waals surface area contributed by atoms with Gasteiger partial charge in [0, 0.05) is 18.8 Å². The first-order valence-corrected chi connectivity index (χ1v) is 6.80. The molecule has 98 valence electrons. The summed E-state index contributed by atoms with van der Waals surface area (Å²) in [4.78, 5) is 12.3. The maximum atomic E-state index is 12.3. The van der Waals surface area contributed by atoms with Gasteiger partial charge in [0.1, 0.15) is 0 Å². The third kappa shape index (κ3) is 2.84. The molecule has 0 unspecified atom stereocenters. The number of benzene rings is 1. The zero-order chi connectivity index (χ0) is 13.0. The smallest absolute Gasteiger partial charge is 0.253 e. The van der Waals surface area contributed by atoms with E-state index in [1.165, 1.54) is 19.3 Å². The standard InChI is InChI=1S/C15H22N2O/c1-11-7-3-5-9-13(11)17-15(18)12-8-4-6-10-14(12)16-2/h4,6,8,10-11,13,16H,3,5,7,9H2,1-2H3,(H,17,18)/t11-,13+/m1/s1. The zero-order valence-corrected chi connectivity index (χ0v) is 11.2. The molecular formula is C15H22N2O. The third-order valence-electron chi connectivity index (χ3n) is 3.87. The van der Waals surface area contributed by atoms with Crippen LogP contribution in [0.25, 0.3) is 0 Å². The SMILES string of the molecule is CNc1ccccc1C(=O)N[C@H]1CCCC[C@H]1C. The summed E-state index contributed by atoms with van der Waals surface area (Å²) in [5, 5.41) is 6.24. The highest BCUT2D eigenvalue weighted by Gasteiger charge is 2.23. The van der Waals surface area contributed by atoms with Gasteiger partial charge in [0.25, 0.3) is 5.91 Å². The van der Waals surface area contributed by atoms with Gasteiger partial charge in [-0.05, 0) is 30.9 Å². The van der Waals surface area contributed by atoms with Crippen molar-refractivity contribution < 1.29 is 4.79 Å². The Bertz CT molecular complexity index is 417. The van der Waals surface area contributed by atoms with Crippen molar-refractivity contribution in [1.82, 2.24) is 5.32 Å². The molecule has 2 atom stereocenters. The maximum absolute atomic E-state index is 12.3. The highest BCUT2D eigenvalue weighted by Crippen LogP contribution is 2.24. The Kier molecular flexibility index (Phi) is 4.24. The second kappa shape index (κ2) is 5.89. The number of rotatable bonds is 3. The molecule has 0 radical (unpaired) electrons. The minimum atomic E-state index is 0.0405. The van der Waals surface area contributed by atoms with Crippen molar-refractivity contribution in [2.45, 2.75) is 38.6 Å². The number of carbonyl (C=O) groups excluding carboxylic acids is 1. The fourth-order valence-electron chi connectivity index (χ4n) is 2.68. The quantitative estimate of drug-likeness (QED) is 0.860. The van der Waals surface area contributed by atoms with Crippen LogP contribution in [0, 0.1) is 5.92 Å². The Morgan fingerprint density at radius 1 is 1.22 bits per heavy atom. The molecule has 0 aromatic heterocycles. The largest absolute Gasteiger partial charge is 0.387 e. The molecule has 0 spiro atoms. The molecule has 3 nitrogen and oxygen atoms in total. The van der Waals surface area contributed by atoms with E-state index in [0.29, 0.717) is 12.0 Å². The summed E-state index contributed by atoms with van der Waals surface area (Å²) in [6, 6.07) is 7.97. The van der Waals surface area contributed by atoms with Gasteiger partial charge < -0.3 is 10.6 Å². The van der Waals surface area contributed by atoms with Crippen molar-refractivity contribution in [3.05, 3.63) is 29.8 Å². The van der Waals surface area contributed by atoms with Crippen LogP contribution in [0.2, 0.25) is 0 Å². The highest BCUT2D eigenvalue weighted by molar-refractivity contribution is 5.99. The predicted octanol–water partition coefficient (Wildman–Crippen LogP) is 3.04. The Labute approximate surface area is 109 Å². The van der Waals surface area contributed by atoms with Gasteiger partial charge >= 0.3 is 0 Å². The number of nitrogens with one attached hydrogen (secondary N) is 2. The van der Waals surface area contributed by atoms with Crippen LogP contribution in [0.1, 0.15) is 43.0 Å². The van der Waals surface area contributed by atoms with Gasteiger partial charge in [0.05, 0.1) is 5.56 Å². The van der Waals surface area contributed by atoms with Crippen LogP contribution in [-0.2, 0) is 0 Å². The molecule has 1 aliphatic carbocycles. The second-order valence-electron chi connectivity index (χ2n) is 5.14. The lowest BCUT2D eigenvalue weighted by Gasteiger charge is -2.29. The van der Waals surface area contributed by atoms with Gasteiger partial charge in [-0.3, -0.25) is 4.79 Å². The summed E-state index contributed by atoms with van der Waals surface area (Å²) in [6.07, 6.45) is 4.84. The monoisotopic (exact) mass is 246 g/mol. The van der Waals surface area contributed by atoms with E-state index in [4.69, 9.17) is 0 Å². The fraction of sp³-hybridized carbons (Fsp3) is 0.533. The lowest BCUT2D eigenvalue weighted by atomic mass is 9.86. The number of carbonyl (C=O) groups is 1. The Morgan fingerprint density at radius 3 is 2.67 bits per heavy atom. The number of para-hydroxylation sites is 1. The molecule has 1 aromatic carbocycles. The van der Waals surface area contributed by atoms with Gasteiger partial charge in [0.15, 0.2) is 0 Å². The average Bonchev–Trinajstić information content (AvgIpc) is 2.41. The van der Waals surface area contributed by atoms with Crippen molar-refractivity contribution in [2.24, 2.45) is 5.92 Å². The van der Waals surface area contributed by atoms with Gasteiger partial charge in [-0.2, -0.15) is 0 Å². The summed E-state index contributed by atoms with van der Waals surface area (Å²) in [5.74, 6) is 0.628. The van der Waals surface area contributed by atoms with Crippen molar-refractivity contribution in [3.8, 4) is 0 Å². The number of anilines is 1. The molecule has 0 aliphatic heterocycles. The molecule has 0 heterocycles. The minimum absolute atomic E-state index is 0.0405. The van der Waals surface area contributed by atoms with E-state index in [9.17, 15) is 4.79 Å². The minimum Gasteiger partial charge on any atom is -0.387 e. The molecular weight excluding hydrogens is 224 g/mol. The Balaban J connectivity index is 2.07. The molecule has 0 bridgehead atoms. The van der Waals surface area contributed by atoms with E-state index in [-0.39, 0.29) is 5.91 Å². The lowest BCUT2D eigenvalue weighted by Crippen LogP contribution is -2.41. The van der Waals surface area contributed by atoms with E-state index in [0.717, 1.165) is 17.7 Å². The molecule has 0 saturated heterocycles. The first kappa shape index (κ1) is 12.9. The summed E-state index contributed by atoms with van der Waals surface area (Å²) < 4.78 is 0. The topological polar surface area (TPSA) is 41.1 Å². The molecule has 18 heavy (non-hydrogen) atoms. The number of hydrogen-bond acceptors (Lipinski definition) is 2. The van der Waals surface area contributed by atoms with Crippen LogP contribution >= 0.6 is 0 Å². The van der Waals surface area contributed by atoms with Crippen molar-refractivity contribution >= 4 is 11.6 Å². The summed E-state index contributed by atoms with van der Waals surface area (Å²) in [6.45, 7) is 2.23. The van der Waals surface area contributed by atoms with Crippen LogP contribution in [0.3, 0.4) is 0 Å². The summed E-state index contributed by atoms with van der Waals surface area (Å²) in [7, 11) is 1.84. The summed E-state index contributed by atoms with van der Waals surface area (Å²) in [5.41, 5.74) is 1.62. The van der Waals surface area contributed by atoms with Crippen LogP contribution in [0.15, 0.2) is 24.3 Å². The van der Waals surface area contributed by atoms with Gasteiger partial charge in [-0.15, -0.1) is 0 Å². The molecule has 3 heteroatoms. The molecule has 1 aromatic rings. The summed E-state index contributed by atoms with van der Waals surface area (Å²) >= 11 is 0. The van der Waals surface area contributed by atoms with Gasteiger partial charge in [-0.25, -0.2) is 0 Å². The fourth-order valence-corrected chi connectivity index (χ4v) is 2.68. The molecule has 1 aliphatic rings. The van der Waals surface area contributed by atoms with Gasteiger partial charge in [0.2, 0.25) is 0 Å². The molecule has 1 fully saturated rings. The number of amides is 1. The Morgan fingerprint density at radius 2 is 1.94 bits per heavy atom. The lowest BCUT2D eigenvalue weighted by molar-refractivity contribution is 0.0911. The van der Waals surface area contributed by atoms with Crippen LogP contribution < -0.4 is 10.6 Å². The second-order valence-corrected chi connectivity index (χ2v) is 5.14. The van der Waals surface area contributed by atoms with Crippen LogP contribution in [-0.4, -0.2) is 19.0 Å². The molecule has 2 rings (SSSR count). The van der Waals surface area contributed by atoms with Crippen molar-refractivity contribution in [2.75, 3.05) is 12.4 Å². The van der Waals surface area contributed by atoms with E-state index >= 15 is 0 Å². The first-order valence-electron chi connectivity index (χ1n) is 6.80. The van der Waals surface area contributed by atoms with E-state index in [2.05, 4.69) is 17.6 Å². The first-order chi connectivity index (χ1) is 8.72. The maximum Gasteiger partial charge on any atom is 0.253 e. The molecule has 1 amide bonds. The van der Waals surface area contributed by atoms with E-state index in [1.54, 1.807) is 0 Å². The van der Waals surface area contributed by atoms with Gasteiger partial charge in [-0.1, -0.05) is 31.9 Å². The van der Waals surface area contributed by atoms with Crippen molar-refractivity contribution in [3.63, 3.8) is 0 Å². The van der Waals surface area contributed by atoms with Crippen LogP contribution in [0.4, 0.5) is 5.69 Å². The van der Waals surface area contributed by atoms with E-state index in [1.807, 2.05) is 31.3 Å². The normalized spacial score (nSPS) is 23.4. The molecule has 2 N–H and O–H groups in total. The number of hydrogen-bond donors (Lipinski definition) is 2. The Hall–Kier alpha value is -1.51. The molecule has 1 saturated carbocycles.